The minimum absolute atomic E-state index is 0.0147. The first-order chi connectivity index (χ1) is 12.1. The van der Waals surface area contributed by atoms with E-state index in [9.17, 15) is 4.79 Å². The summed E-state index contributed by atoms with van der Waals surface area (Å²) in [5.41, 5.74) is 9.34. The number of aliphatic imine (C=N–C) groups is 1. The number of thiazole rings is 1. The van der Waals surface area contributed by atoms with Crippen molar-refractivity contribution in [3.8, 4) is 11.3 Å². The van der Waals surface area contributed by atoms with Crippen LogP contribution in [0.25, 0.3) is 11.3 Å². The van der Waals surface area contributed by atoms with Gasteiger partial charge in [0.25, 0.3) is 0 Å². The maximum atomic E-state index is 12.0. The lowest BCUT2D eigenvalue weighted by Gasteiger charge is -2.07. The van der Waals surface area contributed by atoms with Crippen LogP contribution in [0.5, 0.6) is 0 Å². The number of carbonyl (C=O) groups excluding carboxylic acids is 1. The van der Waals surface area contributed by atoms with E-state index in [1.807, 2.05) is 60.8 Å². The van der Waals surface area contributed by atoms with Crippen LogP contribution in [0.2, 0.25) is 0 Å². The van der Waals surface area contributed by atoms with Crippen LogP contribution in [0.3, 0.4) is 0 Å². The molecule has 1 heterocycles. The van der Waals surface area contributed by atoms with Gasteiger partial charge in [0.1, 0.15) is 0 Å². The van der Waals surface area contributed by atoms with Crippen molar-refractivity contribution in [3.63, 3.8) is 0 Å². The molecular weight excluding hydrogens is 334 g/mol. The molecule has 7 heteroatoms. The zero-order valence-corrected chi connectivity index (χ0v) is 14.4. The van der Waals surface area contributed by atoms with Crippen molar-refractivity contribution in [2.45, 2.75) is 6.92 Å². The fourth-order valence-corrected chi connectivity index (χ4v) is 2.90. The Morgan fingerprint density at radius 1 is 1.16 bits per heavy atom. The number of hydrogen-bond donors (Lipinski definition) is 3. The Kier molecular flexibility index (Phi) is 5.06. The number of nitrogens with two attached hydrogens (primary N) is 1. The van der Waals surface area contributed by atoms with Crippen molar-refractivity contribution in [2.75, 3.05) is 5.32 Å². The van der Waals surface area contributed by atoms with Gasteiger partial charge in [-0.25, -0.2) is 9.78 Å². The average molecular weight is 351 g/mol. The smallest absolute Gasteiger partial charge is 0.325 e. The Hall–Kier alpha value is -3.19. The van der Waals surface area contributed by atoms with Crippen molar-refractivity contribution in [3.05, 3.63) is 65.5 Å². The molecule has 0 atom stereocenters. The quantitative estimate of drug-likeness (QED) is 0.494. The first kappa shape index (κ1) is 16.7. The molecule has 0 fully saturated rings. The van der Waals surface area contributed by atoms with E-state index >= 15 is 0 Å². The molecule has 0 spiro atoms. The Morgan fingerprint density at radius 2 is 1.96 bits per heavy atom. The summed E-state index contributed by atoms with van der Waals surface area (Å²) in [7, 11) is 0. The van der Waals surface area contributed by atoms with Crippen molar-refractivity contribution >= 4 is 34.1 Å². The maximum Gasteiger partial charge on any atom is 0.325 e. The first-order valence-corrected chi connectivity index (χ1v) is 8.48. The standard InChI is InChI=1S/C18H17N5OS/c1-12-6-5-9-14(10-12)20-17(24)22-16(19)23-18-21-15(11-25-18)13-7-3-2-4-8-13/h2-11H,1H3,(H4,19,20,21,22,23,24). The number of aryl methyl sites for hydroxylation is 1. The van der Waals surface area contributed by atoms with Gasteiger partial charge in [-0.2, -0.15) is 4.99 Å². The maximum absolute atomic E-state index is 12.0. The molecule has 0 aliphatic heterocycles. The fourth-order valence-electron chi connectivity index (χ4n) is 2.19. The molecule has 25 heavy (non-hydrogen) atoms. The van der Waals surface area contributed by atoms with Crippen molar-refractivity contribution in [1.29, 1.82) is 0 Å². The highest BCUT2D eigenvalue weighted by Gasteiger charge is 2.06. The molecule has 0 unspecified atom stereocenters. The molecule has 0 saturated heterocycles. The third-order valence-electron chi connectivity index (χ3n) is 3.30. The van der Waals surface area contributed by atoms with E-state index in [4.69, 9.17) is 5.73 Å². The summed E-state index contributed by atoms with van der Waals surface area (Å²) in [6.45, 7) is 1.95. The van der Waals surface area contributed by atoms with Gasteiger partial charge in [-0.05, 0) is 24.6 Å². The number of hydrogen-bond acceptors (Lipinski definition) is 4. The number of rotatable bonds is 3. The lowest BCUT2D eigenvalue weighted by Crippen LogP contribution is -2.39. The fraction of sp³-hybridized carbons (Fsp3) is 0.0556. The summed E-state index contributed by atoms with van der Waals surface area (Å²) in [4.78, 5) is 20.5. The largest absolute Gasteiger partial charge is 0.369 e. The van der Waals surface area contributed by atoms with E-state index in [2.05, 4.69) is 20.6 Å². The molecule has 126 valence electrons. The van der Waals surface area contributed by atoms with E-state index < -0.39 is 6.03 Å². The topological polar surface area (TPSA) is 92.4 Å². The molecule has 0 radical (unpaired) electrons. The molecule has 3 rings (SSSR count). The third-order valence-corrected chi connectivity index (χ3v) is 4.03. The second kappa shape index (κ2) is 7.59. The van der Waals surface area contributed by atoms with Crippen LogP contribution >= 0.6 is 11.3 Å². The van der Waals surface area contributed by atoms with Gasteiger partial charge in [-0.1, -0.05) is 42.5 Å². The van der Waals surface area contributed by atoms with E-state index in [-0.39, 0.29) is 5.96 Å². The van der Waals surface area contributed by atoms with Crippen LogP contribution in [-0.4, -0.2) is 17.0 Å². The molecule has 1 aromatic heterocycles. The number of amides is 2. The number of benzene rings is 2. The average Bonchev–Trinajstić information content (AvgIpc) is 3.03. The molecule has 2 amide bonds. The van der Waals surface area contributed by atoms with Crippen molar-refractivity contribution < 1.29 is 4.79 Å². The molecule has 0 bridgehead atoms. The monoisotopic (exact) mass is 351 g/mol. The summed E-state index contributed by atoms with van der Waals surface area (Å²) in [6.07, 6.45) is 0. The van der Waals surface area contributed by atoms with Crippen LogP contribution < -0.4 is 16.4 Å². The third kappa shape index (κ3) is 4.65. The van der Waals surface area contributed by atoms with Gasteiger partial charge in [-0.15, -0.1) is 11.3 Å². The molecule has 3 aromatic rings. The first-order valence-electron chi connectivity index (χ1n) is 7.60. The lowest BCUT2D eigenvalue weighted by molar-refractivity contribution is 0.256. The SMILES string of the molecule is Cc1cccc(NC(=O)N/C(N)=N/c2nc(-c3ccccc3)cs2)c1. The summed E-state index contributed by atoms with van der Waals surface area (Å²) >= 11 is 1.36. The number of carbonyl (C=O) groups is 1. The molecule has 6 nitrogen and oxygen atoms in total. The molecule has 0 aliphatic rings. The second-order valence-corrected chi connectivity index (χ2v) is 6.16. The lowest BCUT2D eigenvalue weighted by atomic mass is 10.2. The molecular formula is C18H17N5OS. The number of urea groups is 1. The van der Waals surface area contributed by atoms with Crippen molar-refractivity contribution in [2.24, 2.45) is 10.7 Å². The van der Waals surface area contributed by atoms with E-state index in [1.54, 1.807) is 6.07 Å². The van der Waals surface area contributed by atoms with Gasteiger partial charge in [0.2, 0.25) is 11.1 Å². The van der Waals surface area contributed by atoms with Gasteiger partial charge in [-0.3, -0.25) is 5.32 Å². The van der Waals surface area contributed by atoms with Gasteiger partial charge >= 0.3 is 6.03 Å². The Labute approximate surface area is 149 Å². The van der Waals surface area contributed by atoms with Gasteiger partial charge in [0.15, 0.2) is 0 Å². The van der Waals surface area contributed by atoms with E-state index in [0.29, 0.717) is 10.8 Å². The molecule has 2 aromatic carbocycles. The minimum Gasteiger partial charge on any atom is -0.369 e. The molecule has 0 saturated carbocycles. The summed E-state index contributed by atoms with van der Waals surface area (Å²) in [5.74, 6) is -0.0147. The van der Waals surface area contributed by atoms with Crippen LogP contribution in [0.1, 0.15) is 5.56 Å². The van der Waals surface area contributed by atoms with E-state index in [1.165, 1.54) is 11.3 Å². The highest BCUT2D eigenvalue weighted by molar-refractivity contribution is 7.13. The number of anilines is 1. The predicted molar refractivity (Wildman–Crippen MR) is 102 cm³/mol. The Balaban J connectivity index is 1.64. The molecule has 0 aliphatic carbocycles. The summed E-state index contributed by atoms with van der Waals surface area (Å²) in [5, 5.41) is 7.57. The number of aromatic nitrogens is 1. The zero-order valence-electron chi connectivity index (χ0n) is 13.6. The number of nitrogens with zero attached hydrogens (tertiary/aromatic N) is 2. The van der Waals surface area contributed by atoms with Gasteiger partial charge in [0, 0.05) is 16.6 Å². The van der Waals surface area contributed by atoms with Crippen molar-refractivity contribution in [1.82, 2.24) is 10.3 Å². The van der Waals surface area contributed by atoms with Crippen LogP contribution in [0.4, 0.5) is 15.6 Å². The van der Waals surface area contributed by atoms with Gasteiger partial charge in [0.05, 0.1) is 5.69 Å². The van der Waals surface area contributed by atoms with Crippen LogP contribution in [0.15, 0.2) is 65.0 Å². The molecule has 4 N–H and O–H groups in total. The van der Waals surface area contributed by atoms with Gasteiger partial charge < -0.3 is 11.1 Å². The number of guanidine groups is 1. The Bertz CT molecular complexity index is 905. The zero-order chi connectivity index (χ0) is 17.6. The number of nitrogens with one attached hydrogen (secondary N) is 2. The van der Waals surface area contributed by atoms with Crippen LogP contribution in [0, 0.1) is 6.92 Å². The highest BCUT2D eigenvalue weighted by Crippen LogP contribution is 2.26. The Morgan fingerprint density at radius 3 is 2.72 bits per heavy atom. The van der Waals surface area contributed by atoms with E-state index in [0.717, 1.165) is 16.8 Å². The predicted octanol–water partition coefficient (Wildman–Crippen LogP) is 3.89. The normalized spacial score (nSPS) is 11.2. The summed E-state index contributed by atoms with van der Waals surface area (Å²) in [6, 6.07) is 16.8. The summed E-state index contributed by atoms with van der Waals surface area (Å²) < 4.78 is 0. The second-order valence-electron chi connectivity index (χ2n) is 5.33. The van der Waals surface area contributed by atoms with Crippen LogP contribution in [-0.2, 0) is 0 Å². The minimum atomic E-state index is -0.452. The highest BCUT2D eigenvalue weighted by atomic mass is 32.1.